The van der Waals surface area contributed by atoms with Gasteiger partial charge in [0.1, 0.15) is 12.4 Å². The Labute approximate surface area is 129 Å². The van der Waals surface area contributed by atoms with E-state index in [1.54, 1.807) is 6.20 Å². The van der Waals surface area contributed by atoms with Crippen molar-refractivity contribution in [3.63, 3.8) is 0 Å². The first-order chi connectivity index (χ1) is 9.20. The maximum Gasteiger partial charge on any atom is 0.147 e. The Kier molecular flexibility index (Phi) is 5.42. The number of halogens is 2. The minimum absolute atomic E-state index is 0.574. The SMILES string of the molecule is CNCc1cc(Br)c(OCCn2cccn2)c(Br)c1. The highest BCUT2D eigenvalue weighted by Gasteiger charge is 2.08. The first-order valence-corrected chi connectivity index (χ1v) is 7.52. The summed E-state index contributed by atoms with van der Waals surface area (Å²) in [7, 11) is 1.93. The molecule has 4 nitrogen and oxygen atoms in total. The quantitative estimate of drug-likeness (QED) is 0.825. The van der Waals surface area contributed by atoms with Crippen molar-refractivity contribution < 1.29 is 4.74 Å². The van der Waals surface area contributed by atoms with Gasteiger partial charge in [0.2, 0.25) is 0 Å². The van der Waals surface area contributed by atoms with E-state index in [1.807, 2.05) is 24.0 Å². The van der Waals surface area contributed by atoms with Gasteiger partial charge < -0.3 is 10.1 Å². The molecule has 6 heteroatoms. The Morgan fingerprint density at radius 1 is 1.32 bits per heavy atom. The fourth-order valence-electron chi connectivity index (χ4n) is 1.73. The van der Waals surface area contributed by atoms with E-state index in [9.17, 15) is 0 Å². The number of nitrogens with one attached hydrogen (secondary N) is 1. The summed E-state index contributed by atoms with van der Waals surface area (Å²) in [5, 5.41) is 7.26. The van der Waals surface area contributed by atoms with Crippen LogP contribution in [0.1, 0.15) is 5.56 Å². The van der Waals surface area contributed by atoms with Crippen molar-refractivity contribution in [2.45, 2.75) is 13.1 Å². The Morgan fingerprint density at radius 2 is 2.05 bits per heavy atom. The Morgan fingerprint density at radius 3 is 2.63 bits per heavy atom. The van der Waals surface area contributed by atoms with Crippen LogP contribution in [0.15, 0.2) is 39.5 Å². The average Bonchev–Trinajstić information content (AvgIpc) is 2.86. The van der Waals surface area contributed by atoms with Crippen LogP contribution in [0, 0.1) is 0 Å². The second kappa shape index (κ2) is 7.07. The molecule has 0 amide bonds. The van der Waals surface area contributed by atoms with Gasteiger partial charge in [0, 0.05) is 18.9 Å². The summed E-state index contributed by atoms with van der Waals surface area (Å²) in [6.07, 6.45) is 3.68. The summed E-state index contributed by atoms with van der Waals surface area (Å²) in [5.74, 6) is 0.826. The minimum atomic E-state index is 0.574. The molecule has 0 aliphatic heterocycles. The summed E-state index contributed by atoms with van der Waals surface area (Å²) in [6, 6.07) is 6.02. The van der Waals surface area contributed by atoms with Gasteiger partial charge >= 0.3 is 0 Å². The number of nitrogens with zero attached hydrogens (tertiary/aromatic N) is 2. The predicted molar refractivity (Wildman–Crippen MR) is 82.3 cm³/mol. The van der Waals surface area contributed by atoms with E-state index in [0.29, 0.717) is 6.61 Å². The van der Waals surface area contributed by atoms with Crippen LogP contribution in [-0.2, 0) is 13.1 Å². The van der Waals surface area contributed by atoms with Crippen molar-refractivity contribution in [1.82, 2.24) is 15.1 Å². The molecule has 0 unspecified atom stereocenters. The van der Waals surface area contributed by atoms with Gasteiger partial charge in [-0.2, -0.15) is 5.10 Å². The molecule has 0 saturated carbocycles. The second-order valence-corrected chi connectivity index (χ2v) is 5.75. The van der Waals surface area contributed by atoms with Crippen LogP contribution in [0.3, 0.4) is 0 Å². The summed E-state index contributed by atoms with van der Waals surface area (Å²) >= 11 is 7.08. The molecule has 0 saturated heterocycles. The highest BCUT2D eigenvalue weighted by Crippen LogP contribution is 2.34. The molecule has 1 heterocycles. The van der Waals surface area contributed by atoms with Crippen molar-refractivity contribution in [3.8, 4) is 5.75 Å². The summed E-state index contributed by atoms with van der Waals surface area (Å²) < 4.78 is 9.55. The number of hydrogen-bond acceptors (Lipinski definition) is 3. The maximum atomic E-state index is 5.80. The molecular weight excluding hydrogens is 374 g/mol. The Hall–Kier alpha value is -0.850. The molecule has 1 aromatic carbocycles. The lowest BCUT2D eigenvalue weighted by Crippen LogP contribution is -2.09. The van der Waals surface area contributed by atoms with Gasteiger partial charge in [-0.05, 0) is 62.7 Å². The van der Waals surface area contributed by atoms with E-state index >= 15 is 0 Å². The highest BCUT2D eigenvalue weighted by atomic mass is 79.9. The summed E-state index contributed by atoms with van der Waals surface area (Å²) in [4.78, 5) is 0. The van der Waals surface area contributed by atoms with Crippen molar-refractivity contribution in [3.05, 3.63) is 45.1 Å². The minimum Gasteiger partial charge on any atom is -0.489 e. The molecule has 2 aromatic rings. The highest BCUT2D eigenvalue weighted by molar-refractivity contribution is 9.11. The normalized spacial score (nSPS) is 10.7. The third-order valence-corrected chi connectivity index (χ3v) is 3.74. The van der Waals surface area contributed by atoms with Crippen LogP contribution >= 0.6 is 31.9 Å². The molecule has 0 bridgehead atoms. The molecule has 1 aromatic heterocycles. The fourth-order valence-corrected chi connectivity index (χ4v) is 3.24. The van der Waals surface area contributed by atoms with Crippen molar-refractivity contribution in [2.24, 2.45) is 0 Å². The number of hydrogen-bond donors (Lipinski definition) is 1. The monoisotopic (exact) mass is 387 g/mol. The van der Waals surface area contributed by atoms with Gasteiger partial charge in [-0.25, -0.2) is 0 Å². The van der Waals surface area contributed by atoms with E-state index in [1.165, 1.54) is 5.56 Å². The van der Waals surface area contributed by atoms with E-state index in [2.05, 4.69) is 54.4 Å². The van der Waals surface area contributed by atoms with Crippen LogP contribution in [-0.4, -0.2) is 23.4 Å². The summed E-state index contributed by atoms with van der Waals surface area (Å²) in [6.45, 7) is 2.12. The van der Waals surface area contributed by atoms with E-state index in [0.717, 1.165) is 27.8 Å². The summed E-state index contributed by atoms with van der Waals surface area (Å²) in [5.41, 5.74) is 1.20. The Bertz CT molecular complexity index is 506. The molecule has 0 spiro atoms. The lowest BCUT2D eigenvalue weighted by molar-refractivity contribution is 0.288. The Balaban J connectivity index is 1.99. The first kappa shape index (κ1) is 14.6. The zero-order chi connectivity index (χ0) is 13.7. The van der Waals surface area contributed by atoms with Crippen LogP contribution in [0.4, 0.5) is 0 Å². The molecule has 0 atom stereocenters. The maximum absolute atomic E-state index is 5.80. The zero-order valence-corrected chi connectivity index (χ0v) is 13.7. The molecular formula is C13H15Br2N3O. The van der Waals surface area contributed by atoms with Gasteiger partial charge in [0.15, 0.2) is 0 Å². The molecule has 0 radical (unpaired) electrons. The lowest BCUT2D eigenvalue weighted by atomic mass is 10.2. The van der Waals surface area contributed by atoms with Gasteiger partial charge in [-0.15, -0.1) is 0 Å². The largest absolute Gasteiger partial charge is 0.489 e. The van der Waals surface area contributed by atoms with Gasteiger partial charge in [-0.1, -0.05) is 0 Å². The van der Waals surface area contributed by atoms with E-state index in [4.69, 9.17) is 4.74 Å². The van der Waals surface area contributed by atoms with Crippen LogP contribution in [0.5, 0.6) is 5.75 Å². The molecule has 0 fully saturated rings. The standard InChI is InChI=1S/C13H15Br2N3O/c1-16-9-10-7-11(14)13(12(15)8-10)19-6-5-18-4-2-3-17-18/h2-4,7-8,16H,5-6,9H2,1H3. The average molecular weight is 389 g/mol. The zero-order valence-electron chi connectivity index (χ0n) is 10.6. The fraction of sp³-hybridized carbons (Fsp3) is 0.308. The van der Waals surface area contributed by atoms with Crippen LogP contribution in [0.2, 0.25) is 0 Å². The number of aromatic nitrogens is 2. The smallest absolute Gasteiger partial charge is 0.147 e. The molecule has 102 valence electrons. The third kappa shape index (κ3) is 4.06. The first-order valence-electron chi connectivity index (χ1n) is 5.93. The second-order valence-electron chi connectivity index (χ2n) is 4.04. The molecule has 1 N–H and O–H groups in total. The predicted octanol–water partition coefficient (Wildman–Crippen LogP) is 3.21. The van der Waals surface area contributed by atoms with Crippen molar-refractivity contribution in [2.75, 3.05) is 13.7 Å². The van der Waals surface area contributed by atoms with Crippen LogP contribution < -0.4 is 10.1 Å². The number of benzene rings is 1. The van der Waals surface area contributed by atoms with E-state index < -0.39 is 0 Å². The van der Waals surface area contributed by atoms with Gasteiger partial charge in [0.05, 0.1) is 15.5 Å². The van der Waals surface area contributed by atoms with Gasteiger partial charge in [-0.3, -0.25) is 4.68 Å². The van der Waals surface area contributed by atoms with E-state index in [-0.39, 0.29) is 0 Å². The molecule has 0 aliphatic carbocycles. The molecule has 19 heavy (non-hydrogen) atoms. The molecule has 0 aliphatic rings. The third-order valence-electron chi connectivity index (χ3n) is 2.56. The van der Waals surface area contributed by atoms with Crippen LogP contribution in [0.25, 0.3) is 0 Å². The number of rotatable bonds is 6. The lowest BCUT2D eigenvalue weighted by Gasteiger charge is -2.12. The van der Waals surface area contributed by atoms with Crippen molar-refractivity contribution >= 4 is 31.9 Å². The number of ether oxygens (including phenoxy) is 1. The molecule has 2 rings (SSSR count). The van der Waals surface area contributed by atoms with Crippen molar-refractivity contribution in [1.29, 1.82) is 0 Å². The van der Waals surface area contributed by atoms with Gasteiger partial charge in [0.25, 0.3) is 0 Å². The topological polar surface area (TPSA) is 39.1 Å².